The largest absolute Gasteiger partial charge is 0.508 e. The molecule has 2 aromatic rings. The van der Waals surface area contributed by atoms with Gasteiger partial charge < -0.3 is 20.6 Å². The fourth-order valence-electron chi connectivity index (χ4n) is 2.59. The van der Waals surface area contributed by atoms with Gasteiger partial charge in [-0.1, -0.05) is 6.07 Å². The Bertz CT molecular complexity index is 711. The Hall–Kier alpha value is -2.50. The van der Waals surface area contributed by atoms with Crippen LogP contribution < -0.4 is 26.4 Å². The first-order valence-corrected chi connectivity index (χ1v) is 6.45. The summed E-state index contributed by atoms with van der Waals surface area (Å²) >= 11 is 0. The molecule has 0 radical (unpaired) electrons. The maximum atomic E-state index is 11.5. The molecule has 0 amide bonds. The van der Waals surface area contributed by atoms with E-state index in [1.165, 1.54) is 0 Å². The van der Waals surface area contributed by atoms with Crippen LogP contribution in [0.15, 0.2) is 33.9 Å². The van der Waals surface area contributed by atoms with Gasteiger partial charge in [-0.3, -0.25) is 9.59 Å². The van der Waals surface area contributed by atoms with E-state index < -0.39 is 10.9 Å². The van der Waals surface area contributed by atoms with Crippen LogP contribution in [0.5, 0.6) is 5.75 Å². The van der Waals surface area contributed by atoms with Crippen molar-refractivity contribution in [2.24, 2.45) is 0 Å². The Morgan fingerprint density at radius 3 is 2.25 bits per heavy atom. The molecule has 0 bridgehead atoms. The summed E-state index contributed by atoms with van der Waals surface area (Å²) in [4.78, 5) is 26.6. The predicted molar refractivity (Wildman–Crippen MR) is 78.3 cm³/mol. The quantitative estimate of drug-likeness (QED) is 0.743. The van der Waals surface area contributed by atoms with Gasteiger partial charge in [-0.2, -0.15) is 0 Å². The molecule has 3 rings (SSSR count). The highest BCUT2D eigenvalue weighted by atomic mass is 16.3. The number of rotatable bonds is 2. The SMILES string of the molecule is Nc1c(N2CCN(c3cccc(O)c3)CC2)c(=O)c1=O. The first kappa shape index (κ1) is 12.5. The highest BCUT2D eigenvalue weighted by Gasteiger charge is 2.26. The van der Waals surface area contributed by atoms with Crippen molar-refractivity contribution in [1.82, 2.24) is 0 Å². The van der Waals surface area contributed by atoms with Gasteiger partial charge in [0.2, 0.25) is 0 Å². The number of anilines is 3. The average molecular weight is 273 g/mol. The van der Waals surface area contributed by atoms with Crippen LogP contribution in [0, 0.1) is 0 Å². The summed E-state index contributed by atoms with van der Waals surface area (Å²) in [6.07, 6.45) is 0. The molecule has 2 aromatic carbocycles. The van der Waals surface area contributed by atoms with Gasteiger partial charge in [0.05, 0.1) is 0 Å². The van der Waals surface area contributed by atoms with Crippen molar-refractivity contribution in [3.05, 3.63) is 44.7 Å². The van der Waals surface area contributed by atoms with Crippen LogP contribution >= 0.6 is 0 Å². The number of phenols is 1. The van der Waals surface area contributed by atoms with Gasteiger partial charge >= 0.3 is 0 Å². The van der Waals surface area contributed by atoms with Crippen molar-refractivity contribution in [1.29, 1.82) is 0 Å². The molecule has 1 heterocycles. The first-order chi connectivity index (χ1) is 9.58. The minimum atomic E-state index is -0.574. The number of nitrogens with zero attached hydrogens (tertiary/aromatic N) is 2. The Balaban J connectivity index is 1.72. The summed E-state index contributed by atoms with van der Waals surface area (Å²) in [5, 5.41) is 9.49. The first-order valence-electron chi connectivity index (χ1n) is 6.45. The number of hydrogen-bond acceptors (Lipinski definition) is 6. The molecule has 0 aliphatic carbocycles. The van der Waals surface area contributed by atoms with Crippen LogP contribution in [0.1, 0.15) is 0 Å². The number of phenolic OH excluding ortho intramolecular Hbond substituents is 1. The third-order valence-electron chi connectivity index (χ3n) is 3.71. The van der Waals surface area contributed by atoms with Crippen molar-refractivity contribution < 1.29 is 5.11 Å². The van der Waals surface area contributed by atoms with Crippen LogP contribution in [0.3, 0.4) is 0 Å². The molecule has 1 fully saturated rings. The Labute approximate surface area is 115 Å². The van der Waals surface area contributed by atoms with E-state index in [0.29, 0.717) is 31.9 Å². The molecule has 0 aromatic heterocycles. The van der Waals surface area contributed by atoms with Crippen LogP contribution in [0.25, 0.3) is 0 Å². The van der Waals surface area contributed by atoms with Crippen molar-refractivity contribution in [3.63, 3.8) is 0 Å². The standard InChI is InChI=1S/C14H15N3O3/c15-11-12(14(20)13(11)19)17-6-4-16(5-7-17)9-2-1-3-10(18)8-9/h1-3,8,18H,4-7,15H2. The van der Waals surface area contributed by atoms with E-state index in [2.05, 4.69) is 4.90 Å². The van der Waals surface area contributed by atoms with E-state index in [-0.39, 0.29) is 11.4 Å². The molecule has 6 heteroatoms. The number of nitrogen functional groups attached to an aromatic ring is 1. The smallest absolute Gasteiger partial charge is 0.253 e. The predicted octanol–water partition coefficient (Wildman–Crippen LogP) is -0.103. The van der Waals surface area contributed by atoms with Crippen LogP contribution in [0.2, 0.25) is 0 Å². The van der Waals surface area contributed by atoms with E-state index in [4.69, 9.17) is 5.73 Å². The molecule has 0 saturated carbocycles. The molecule has 1 aliphatic rings. The molecular weight excluding hydrogens is 258 g/mol. The molecule has 0 unspecified atom stereocenters. The fraction of sp³-hybridized carbons (Fsp3) is 0.286. The van der Waals surface area contributed by atoms with E-state index in [9.17, 15) is 14.7 Å². The summed E-state index contributed by atoms with van der Waals surface area (Å²) in [5.74, 6) is 0.233. The van der Waals surface area contributed by atoms with Crippen molar-refractivity contribution in [3.8, 4) is 5.75 Å². The summed E-state index contributed by atoms with van der Waals surface area (Å²) in [6, 6.07) is 7.07. The van der Waals surface area contributed by atoms with Gasteiger partial charge in [-0.15, -0.1) is 0 Å². The number of hydrogen-bond donors (Lipinski definition) is 2. The second-order valence-electron chi connectivity index (χ2n) is 4.91. The van der Waals surface area contributed by atoms with E-state index in [1.54, 1.807) is 18.2 Å². The summed E-state index contributed by atoms with van der Waals surface area (Å²) < 4.78 is 0. The number of benzene rings is 1. The zero-order valence-electron chi connectivity index (χ0n) is 10.9. The van der Waals surface area contributed by atoms with Gasteiger partial charge in [0.25, 0.3) is 10.9 Å². The van der Waals surface area contributed by atoms with Gasteiger partial charge in [0.1, 0.15) is 17.1 Å². The van der Waals surface area contributed by atoms with Gasteiger partial charge in [0, 0.05) is 37.9 Å². The van der Waals surface area contributed by atoms with Crippen LogP contribution in [-0.2, 0) is 0 Å². The van der Waals surface area contributed by atoms with E-state index in [1.807, 2.05) is 11.0 Å². The Morgan fingerprint density at radius 2 is 1.65 bits per heavy atom. The van der Waals surface area contributed by atoms with Gasteiger partial charge in [0.15, 0.2) is 0 Å². The highest BCUT2D eigenvalue weighted by Crippen LogP contribution is 2.23. The molecular formula is C14H15N3O3. The van der Waals surface area contributed by atoms with Crippen molar-refractivity contribution >= 4 is 17.1 Å². The number of piperazine rings is 1. The van der Waals surface area contributed by atoms with Crippen LogP contribution in [0.4, 0.5) is 17.1 Å². The lowest BCUT2D eigenvalue weighted by molar-refractivity contribution is 0.475. The molecule has 0 spiro atoms. The molecule has 6 nitrogen and oxygen atoms in total. The monoisotopic (exact) mass is 273 g/mol. The lowest BCUT2D eigenvalue weighted by atomic mass is 10.1. The Kier molecular flexibility index (Phi) is 2.85. The summed E-state index contributed by atoms with van der Waals surface area (Å²) in [7, 11) is 0. The molecule has 1 aliphatic heterocycles. The highest BCUT2D eigenvalue weighted by molar-refractivity contribution is 5.73. The number of aromatic hydroxyl groups is 1. The second kappa shape index (κ2) is 4.56. The molecule has 20 heavy (non-hydrogen) atoms. The topological polar surface area (TPSA) is 86.9 Å². The molecule has 0 atom stereocenters. The third kappa shape index (κ3) is 1.89. The third-order valence-corrected chi connectivity index (χ3v) is 3.71. The van der Waals surface area contributed by atoms with E-state index >= 15 is 0 Å². The second-order valence-corrected chi connectivity index (χ2v) is 4.91. The summed E-state index contributed by atoms with van der Waals surface area (Å²) in [5.41, 5.74) is 5.92. The summed E-state index contributed by atoms with van der Waals surface area (Å²) in [6.45, 7) is 2.68. The van der Waals surface area contributed by atoms with Gasteiger partial charge in [-0.25, -0.2) is 0 Å². The van der Waals surface area contributed by atoms with Crippen molar-refractivity contribution in [2.75, 3.05) is 41.7 Å². The molecule has 1 saturated heterocycles. The molecule has 3 N–H and O–H groups in total. The maximum absolute atomic E-state index is 11.5. The minimum absolute atomic E-state index is 0.0841. The maximum Gasteiger partial charge on any atom is 0.253 e. The zero-order valence-corrected chi connectivity index (χ0v) is 10.9. The normalized spacial score (nSPS) is 15.8. The van der Waals surface area contributed by atoms with Crippen LogP contribution in [-0.4, -0.2) is 31.3 Å². The average Bonchev–Trinajstić information content (AvgIpc) is 2.48. The fourth-order valence-corrected chi connectivity index (χ4v) is 2.59. The lowest BCUT2D eigenvalue weighted by Crippen LogP contribution is -2.51. The Morgan fingerprint density at radius 1 is 1.00 bits per heavy atom. The molecule has 104 valence electrons. The zero-order chi connectivity index (χ0) is 14.3. The van der Waals surface area contributed by atoms with E-state index in [0.717, 1.165) is 5.69 Å². The number of nitrogens with two attached hydrogens (primary N) is 1. The lowest BCUT2D eigenvalue weighted by Gasteiger charge is -2.37. The minimum Gasteiger partial charge on any atom is -0.508 e. The van der Waals surface area contributed by atoms with Gasteiger partial charge in [-0.05, 0) is 12.1 Å². The van der Waals surface area contributed by atoms with Crippen molar-refractivity contribution in [2.45, 2.75) is 0 Å².